The van der Waals surface area contributed by atoms with Crippen molar-refractivity contribution in [3.8, 4) is 0 Å². The van der Waals surface area contributed by atoms with Crippen LogP contribution in [0.1, 0.15) is 13.8 Å². The Bertz CT molecular complexity index is 189. The van der Waals surface area contributed by atoms with Crippen LogP contribution in [-0.2, 0) is 0 Å². The summed E-state index contributed by atoms with van der Waals surface area (Å²) in [4.78, 5) is 4.49. The summed E-state index contributed by atoms with van der Waals surface area (Å²) >= 11 is 0. The molecule has 0 aromatic heterocycles. The average Bonchev–Trinajstić information content (AvgIpc) is 2.30. The second-order valence-corrected chi connectivity index (χ2v) is 2.92. The fraction of sp³-hybridized carbons (Fsp3) is 0.714. The van der Waals surface area contributed by atoms with E-state index in [-0.39, 0.29) is 0 Å². The van der Waals surface area contributed by atoms with Crippen molar-refractivity contribution in [2.75, 3.05) is 13.6 Å². The van der Waals surface area contributed by atoms with Crippen molar-refractivity contribution in [1.82, 2.24) is 9.80 Å². The lowest BCUT2D eigenvalue weighted by atomic mass is 10.3. The van der Waals surface area contributed by atoms with E-state index in [1.807, 2.05) is 0 Å². The maximum atomic E-state index is 9.75. The van der Waals surface area contributed by atoms with Crippen LogP contribution in [0.3, 0.4) is 0 Å². The number of halogens is 4. The molecule has 0 aliphatic carbocycles. The van der Waals surface area contributed by atoms with E-state index < -0.39 is 7.25 Å². The second-order valence-electron chi connectivity index (χ2n) is 2.92. The van der Waals surface area contributed by atoms with Gasteiger partial charge in [-0.05, 0) is 13.8 Å². The number of hydrogen-bond acceptors (Lipinski definition) is 2. The highest BCUT2D eigenvalue weighted by Gasteiger charge is 2.20. The molecule has 0 aromatic carbocycles. The molecule has 14 heavy (non-hydrogen) atoms. The second kappa shape index (κ2) is 5.12. The molecular formula is C7H14BF4N2-. The zero-order valence-corrected chi connectivity index (χ0v) is 8.42. The third kappa shape index (κ3) is 5.72. The van der Waals surface area contributed by atoms with Crippen LogP contribution in [0.25, 0.3) is 0 Å². The van der Waals surface area contributed by atoms with E-state index in [2.05, 4.69) is 43.1 Å². The normalized spacial score (nSPS) is 20.9. The molecule has 1 heterocycles. The van der Waals surface area contributed by atoms with E-state index in [1.54, 1.807) is 0 Å². The van der Waals surface area contributed by atoms with Gasteiger partial charge in [-0.25, -0.2) is 0 Å². The van der Waals surface area contributed by atoms with Gasteiger partial charge in [-0.2, -0.15) is 0 Å². The number of nitrogens with zero attached hydrogens (tertiary/aromatic N) is 2. The van der Waals surface area contributed by atoms with Crippen LogP contribution >= 0.6 is 0 Å². The Morgan fingerprint density at radius 3 is 1.79 bits per heavy atom. The Labute approximate surface area is 81.3 Å². The van der Waals surface area contributed by atoms with Crippen molar-refractivity contribution in [3.05, 3.63) is 12.4 Å². The van der Waals surface area contributed by atoms with Crippen LogP contribution in [0, 0.1) is 0 Å². The molecule has 2 nitrogen and oxygen atoms in total. The number of hydrogen-bond donors (Lipinski definition) is 0. The molecular weight excluding hydrogens is 199 g/mol. The summed E-state index contributed by atoms with van der Waals surface area (Å²) in [6.07, 6.45) is 4.79. The van der Waals surface area contributed by atoms with Crippen LogP contribution in [0.4, 0.5) is 17.3 Å². The molecule has 0 radical (unpaired) electrons. The Morgan fingerprint density at radius 2 is 1.64 bits per heavy atom. The van der Waals surface area contributed by atoms with Gasteiger partial charge in [-0.15, -0.1) is 0 Å². The highest BCUT2D eigenvalue weighted by Crippen LogP contribution is 2.11. The lowest BCUT2D eigenvalue weighted by Crippen LogP contribution is -2.33. The Hall–Kier alpha value is -0.875. The quantitative estimate of drug-likeness (QED) is 0.487. The van der Waals surface area contributed by atoms with Gasteiger partial charge in [0.15, 0.2) is 0 Å². The predicted molar refractivity (Wildman–Crippen MR) is 48.9 cm³/mol. The molecule has 7 heteroatoms. The van der Waals surface area contributed by atoms with Gasteiger partial charge in [-0.3, -0.25) is 0 Å². The Morgan fingerprint density at radius 1 is 1.21 bits per heavy atom. The summed E-state index contributed by atoms with van der Waals surface area (Å²) in [6, 6.07) is 0. The molecule has 1 aliphatic rings. The summed E-state index contributed by atoms with van der Waals surface area (Å²) in [5, 5.41) is 0. The lowest BCUT2D eigenvalue weighted by Gasteiger charge is -2.25. The molecule has 0 N–H and O–H groups in total. The van der Waals surface area contributed by atoms with Crippen molar-refractivity contribution in [1.29, 1.82) is 0 Å². The topological polar surface area (TPSA) is 6.48 Å². The smallest absolute Gasteiger partial charge is 0.418 e. The molecule has 0 fully saturated rings. The minimum atomic E-state index is -6.00. The van der Waals surface area contributed by atoms with Gasteiger partial charge >= 0.3 is 7.25 Å². The van der Waals surface area contributed by atoms with Crippen molar-refractivity contribution in [2.45, 2.75) is 20.0 Å². The Balaban J connectivity index is 0.000000292. The molecule has 0 saturated heterocycles. The largest absolute Gasteiger partial charge is 0.673 e. The monoisotopic (exact) mass is 213 g/mol. The van der Waals surface area contributed by atoms with E-state index in [4.69, 9.17) is 0 Å². The molecule has 1 unspecified atom stereocenters. The maximum absolute atomic E-state index is 9.75. The summed E-state index contributed by atoms with van der Waals surface area (Å²) < 4.78 is 39.0. The molecule has 0 aromatic rings. The first-order chi connectivity index (χ1) is 6.25. The first kappa shape index (κ1) is 13.1. The minimum absolute atomic E-state index is 0.551. The molecule has 0 spiro atoms. The van der Waals surface area contributed by atoms with Crippen molar-refractivity contribution < 1.29 is 17.3 Å². The lowest BCUT2D eigenvalue weighted by molar-refractivity contribution is 0.203. The van der Waals surface area contributed by atoms with Crippen LogP contribution in [-0.4, -0.2) is 36.8 Å². The van der Waals surface area contributed by atoms with Gasteiger partial charge in [0.05, 0.1) is 6.17 Å². The third-order valence-corrected chi connectivity index (χ3v) is 1.93. The first-order valence-electron chi connectivity index (χ1n) is 4.29. The van der Waals surface area contributed by atoms with Gasteiger partial charge in [0.1, 0.15) is 0 Å². The molecule has 1 aliphatic heterocycles. The first-order valence-corrected chi connectivity index (χ1v) is 4.29. The highest BCUT2D eigenvalue weighted by molar-refractivity contribution is 6.50. The summed E-state index contributed by atoms with van der Waals surface area (Å²) in [5.41, 5.74) is 0. The van der Waals surface area contributed by atoms with Crippen LogP contribution in [0.15, 0.2) is 12.4 Å². The van der Waals surface area contributed by atoms with Crippen LogP contribution < -0.4 is 0 Å². The molecule has 0 saturated carbocycles. The zero-order valence-electron chi connectivity index (χ0n) is 8.42. The Kier molecular flexibility index (Phi) is 4.80. The summed E-state index contributed by atoms with van der Waals surface area (Å²) in [5.74, 6) is 0. The van der Waals surface area contributed by atoms with Gasteiger partial charge in [-0.1, -0.05) is 0 Å². The molecule has 84 valence electrons. The molecule has 1 atom stereocenters. The highest BCUT2D eigenvalue weighted by atomic mass is 19.5. The van der Waals surface area contributed by atoms with Gasteiger partial charge in [0, 0.05) is 26.0 Å². The fourth-order valence-electron chi connectivity index (χ4n) is 1.04. The van der Waals surface area contributed by atoms with Gasteiger partial charge in [0.2, 0.25) is 0 Å². The average molecular weight is 213 g/mol. The van der Waals surface area contributed by atoms with Crippen LogP contribution in [0.5, 0.6) is 0 Å². The van der Waals surface area contributed by atoms with Gasteiger partial charge < -0.3 is 27.1 Å². The minimum Gasteiger partial charge on any atom is -0.418 e. The van der Waals surface area contributed by atoms with E-state index >= 15 is 0 Å². The summed E-state index contributed by atoms with van der Waals surface area (Å²) in [7, 11) is -3.91. The van der Waals surface area contributed by atoms with Crippen molar-refractivity contribution in [2.24, 2.45) is 0 Å². The van der Waals surface area contributed by atoms with E-state index in [9.17, 15) is 17.3 Å². The third-order valence-electron chi connectivity index (χ3n) is 1.93. The van der Waals surface area contributed by atoms with E-state index in [0.717, 1.165) is 6.54 Å². The van der Waals surface area contributed by atoms with E-state index in [0.29, 0.717) is 6.17 Å². The fourth-order valence-corrected chi connectivity index (χ4v) is 1.04. The zero-order chi connectivity index (χ0) is 11.4. The standard InChI is InChI=1S/C7H14N2.BF4/c1-4-9-6-5-8(3)7(9)2;2-1(3,4)5/h5-7H,4H2,1-3H3;/q;-1. The summed E-state index contributed by atoms with van der Waals surface area (Å²) in [6.45, 7) is 5.46. The van der Waals surface area contributed by atoms with Gasteiger partial charge in [0.25, 0.3) is 0 Å². The van der Waals surface area contributed by atoms with Crippen LogP contribution in [0.2, 0.25) is 0 Å². The van der Waals surface area contributed by atoms with Crippen molar-refractivity contribution >= 4 is 7.25 Å². The molecule has 0 bridgehead atoms. The predicted octanol–water partition coefficient (Wildman–Crippen LogP) is 2.37. The molecule has 0 amide bonds. The van der Waals surface area contributed by atoms with E-state index in [1.165, 1.54) is 0 Å². The SMILES string of the molecule is CCN1C=CN(C)C1C.F[B-](F)(F)F. The molecule has 1 rings (SSSR count). The maximum Gasteiger partial charge on any atom is 0.673 e. The number of rotatable bonds is 1. The van der Waals surface area contributed by atoms with Crippen molar-refractivity contribution in [3.63, 3.8) is 0 Å².